The van der Waals surface area contributed by atoms with Crippen molar-refractivity contribution in [3.63, 3.8) is 0 Å². The van der Waals surface area contributed by atoms with Crippen molar-refractivity contribution in [3.05, 3.63) is 0 Å². The van der Waals surface area contributed by atoms with Crippen LogP contribution in [0.5, 0.6) is 0 Å². The van der Waals surface area contributed by atoms with Gasteiger partial charge in [0.05, 0.1) is 0 Å². The molecule has 0 aromatic carbocycles. The van der Waals surface area contributed by atoms with Crippen LogP contribution in [0, 0.1) is 5.92 Å². The molecule has 3 N–H and O–H groups in total. The lowest BCUT2D eigenvalue weighted by atomic mass is 9.84. The summed E-state index contributed by atoms with van der Waals surface area (Å²) in [5.74, 6) is 0.482. The fourth-order valence-electron chi connectivity index (χ4n) is 3.65. The van der Waals surface area contributed by atoms with E-state index in [2.05, 4.69) is 5.32 Å². The van der Waals surface area contributed by atoms with Crippen LogP contribution in [-0.4, -0.2) is 36.6 Å². The van der Waals surface area contributed by atoms with E-state index in [-0.39, 0.29) is 6.03 Å². The molecule has 0 radical (unpaired) electrons. The van der Waals surface area contributed by atoms with Gasteiger partial charge >= 0.3 is 6.03 Å². The van der Waals surface area contributed by atoms with E-state index in [0.29, 0.717) is 24.5 Å². The Hall–Kier alpha value is -0.770. The number of nitrogens with zero attached hydrogens (tertiary/aromatic N) is 1. The number of carbonyl (C=O) groups excluding carboxylic acids is 1. The molecule has 19 heavy (non-hydrogen) atoms. The summed E-state index contributed by atoms with van der Waals surface area (Å²) < 4.78 is 0. The van der Waals surface area contributed by atoms with Crippen molar-refractivity contribution < 1.29 is 4.79 Å². The van der Waals surface area contributed by atoms with Gasteiger partial charge in [0.2, 0.25) is 0 Å². The van der Waals surface area contributed by atoms with Crippen LogP contribution in [-0.2, 0) is 0 Å². The molecule has 0 spiro atoms. The Morgan fingerprint density at radius 2 is 1.74 bits per heavy atom. The molecule has 0 saturated heterocycles. The number of nitrogens with one attached hydrogen (secondary N) is 1. The third kappa shape index (κ3) is 3.85. The van der Waals surface area contributed by atoms with Crippen LogP contribution < -0.4 is 11.1 Å². The van der Waals surface area contributed by atoms with Crippen molar-refractivity contribution >= 4 is 6.03 Å². The molecule has 2 atom stereocenters. The highest BCUT2D eigenvalue weighted by molar-refractivity contribution is 5.74. The SMILES string of the molecule is CN(C(=O)NC1CCCCC1)C1CCCCC1CN. The lowest BCUT2D eigenvalue weighted by Crippen LogP contribution is -2.51. The second kappa shape index (κ2) is 7.13. The van der Waals surface area contributed by atoms with Gasteiger partial charge in [-0.05, 0) is 38.1 Å². The summed E-state index contributed by atoms with van der Waals surface area (Å²) in [5.41, 5.74) is 5.86. The molecule has 0 heterocycles. The molecule has 0 aromatic heterocycles. The number of amides is 2. The molecular formula is C15H29N3O. The lowest BCUT2D eigenvalue weighted by Gasteiger charge is -2.38. The standard InChI is InChI=1S/C15H29N3O/c1-18(14-10-6-5-7-12(14)11-16)15(19)17-13-8-3-2-4-9-13/h12-14H,2-11,16H2,1H3,(H,17,19). The Morgan fingerprint density at radius 1 is 1.11 bits per heavy atom. The van der Waals surface area contributed by atoms with Crippen molar-refractivity contribution in [1.29, 1.82) is 0 Å². The zero-order valence-corrected chi connectivity index (χ0v) is 12.2. The minimum atomic E-state index is 0.109. The molecule has 0 aromatic rings. The van der Waals surface area contributed by atoms with Gasteiger partial charge in [-0.1, -0.05) is 32.1 Å². The Balaban J connectivity index is 1.86. The average molecular weight is 267 g/mol. The number of hydrogen-bond donors (Lipinski definition) is 2. The highest BCUT2D eigenvalue weighted by atomic mass is 16.2. The van der Waals surface area contributed by atoms with Gasteiger partial charge in [0, 0.05) is 19.1 Å². The number of urea groups is 1. The summed E-state index contributed by atoms with van der Waals surface area (Å²) in [5, 5.41) is 3.21. The summed E-state index contributed by atoms with van der Waals surface area (Å²) in [6.45, 7) is 0.700. The Bertz CT molecular complexity index is 289. The first-order valence-corrected chi connectivity index (χ1v) is 7.95. The van der Waals surface area contributed by atoms with Gasteiger partial charge in [-0.15, -0.1) is 0 Å². The van der Waals surface area contributed by atoms with E-state index in [1.807, 2.05) is 11.9 Å². The van der Waals surface area contributed by atoms with Crippen LogP contribution in [0.1, 0.15) is 57.8 Å². The highest BCUT2D eigenvalue weighted by Gasteiger charge is 2.30. The van der Waals surface area contributed by atoms with Gasteiger partial charge < -0.3 is 16.0 Å². The van der Waals surface area contributed by atoms with Gasteiger partial charge in [0.25, 0.3) is 0 Å². The molecule has 2 rings (SSSR count). The largest absolute Gasteiger partial charge is 0.335 e. The summed E-state index contributed by atoms with van der Waals surface area (Å²) in [4.78, 5) is 14.3. The summed E-state index contributed by atoms with van der Waals surface area (Å²) in [7, 11) is 1.94. The van der Waals surface area contributed by atoms with Crippen molar-refractivity contribution in [2.75, 3.05) is 13.6 Å². The molecule has 4 heteroatoms. The van der Waals surface area contributed by atoms with Crippen LogP contribution in [0.3, 0.4) is 0 Å². The second-order valence-corrected chi connectivity index (χ2v) is 6.24. The van der Waals surface area contributed by atoms with E-state index in [0.717, 1.165) is 19.3 Å². The molecule has 4 nitrogen and oxygen atoms in total. The predicted octanol–water partition coefficient (Wildman–Crippen LogP) is 2.48. The summed E-state index contributed by atoms with van der Waals surface area (Å²) in [6.07, 6.45) is 10.9. The molecule has 0 aliphatic heterocycles. The van der Waals surface area contributed by atoms with E-state index in [4.69, 9.17) is 5.73 Å². The fraction of sp³-hybridized carbons (Fsp3) is 0.933. The minimum Gasteiger partial charge on any atom is -0.335 e. The lowest BCUT2D eigenvalue weighted by molar-refractivity contribution is 0.137. The Labute approximate surface area is 117 Å². The van der Waals surface area contributed by atoms with Gasteiger partial charge in [0.15, 0.2) is 0 Å². The normalized spacial score (nSPS) is 28.9. The Morgan fingerprint density at radius 3 is 2.42 bits per heavy atom. The zero-order chi connectivity index (χ0) is 13.7. The van der Waals surface area contributed by atoms with Gasteiger partial charge in [0.1, 0.15) is 0 Å². The van der Waals surface area contributed by atoms with Crippen molar-refractivity contribution in [3.8, 4) is 0 Å². The molecule has 2 unspecified atom stereocenters. The van der Waals surface area contributed by atoms with Crippen LogP contribution in [0.4, 0.5) is 4.79 Å². The number of carbonyl (C=O) groups is 1. The van der Waals surface area contributed by atoms with E-state index >= 15 is 0 Å². The van der Waals surface area contributed by atoms with Gasteiger partial charge in [-0.3, -0.25) is 0 Å². The van der Waals surface area contributed by atoms with E-state index < -0.39 is 0 Å². The highest BCUT2D eigenvalue weighted by Crippen LogP contribution is 2.27. The first-order valence-electron chi connectivity index (χ1n) is 7.95. The zero-order valence-electron chi connectivity index (χ0n) is 12.2. The maximum absolute atomic E-state index is 12.3. The molecule has 2 fully saturated rings. The van der Waals surface area contributed by atoms with E-state index in [1.54, 1.807) is 0 Å². The third-order valence-electron chi connectivity index (χ3n) is 4.92. The molecule has 2 aliphatic carbocycles. The quantitative estimate of drug-likeness (QED) is 0.825. The second-order valence-electron chi connectivity index (χ2n) is 6.24. The summed E-state index contributed by atoms with van der Waals surface area (Å²) in [6, 6.07) is 0.836. The molecule has 2 aliphatic rings. The number of hydrogen-bond acceptors (Lipinski definition) is 2. The van der Waals surface area contributed by atoms with Crippen LogP contribution in [0.15, 0.2) is 0 Å². The van der Waals surface area contributed by atoms with Crippen LogP contribution >= 0.6 is 0 Å². The van der Waals surface area contributed by atoms with E-state index in [9.17, 15) is 4.79 Å². The van der Waals surface area contributed by atoms with E-state index in [1.165, 1.54) is 38.5 Å². The molecule has 2 amide bonds. The fourth-order valence-corrected chi connectivity index (χ4v) is 3.65. The number of nitrogens with two attached hydrogens (primary N) is 1. The molecule has 0 bridgehead atoms. The first kappa shape index (κ1) is 14.6. The summed E-state index contributed by atoms with van der Waals surface area (Å²) >= 11 is 0. The predicted molar refractivity (Wildman–Crippen MR) is 78.0 cm³/mol. The molecular weight excluding hydrogens is 238 g/mol. The smallest absolute Gasteiger partial charge is 0.317 e. The molecule has 2 saturated carbocycles. The van der Waals surface area contributed by atoms with Crippen LogP contribution in [0.25, 0.3) is 0 Å². The number of rotatable bonds is 3. The average Bonchev–Trinajstić information content (AvgIpc) is 2.47. The van der Waals surface area contributed by atoms with Gasteiger partial charge in [-0.2, -0.15) is 0 Å². The first-order chi connectivity index (χ1) is 9.22. The van der Waals surface area contributed by atoms with Crippen molar-refractivity contribution in [2.45, 2.75) is 69.9 Å². The van der Waals surface area contributed by atoms with Crippen LogP contribution in [0.2, 0.25) is 0 Å². The third-order valence-corrected chi connectivity index (χ3v) is 4.92. The van der Waals surface area contributed by atoms with Crippen molar-refractivity contribution in [2.24, 2.45) is 11.7 Å². The maximum atomic E-state index is 12.3. The maximum Gasteiger partial charge on any atom is 0.317 e. The monoisotopic (exact) mass is 267 g/mol. The minimum absolute atomic E-state index is 0.109. The van der Waals surface area contributed by atoms with Crippen molar-refractivity contribution in [1.82, 2.24) is 10.2 Å². The van der Waals surface area contributed by atoms with Gasteiger partial charge in [-0.25, -0.2) is 4.79 Å². The molecule has 110 valence electrons. The topological polar surface area (TPSA) is 58.4 Å². The Kier molecular flexibility index (Phi) is 5.49.